The Hall–Kier alpha value is -2.08. The van der Waals surface area contributed by atoms with Crippen LogP contribution >= 0.6 is 0 Å². The number of hydrogen-bond acceptors (Lipinski definition) is 4. The molecule has 3 aliphatic heterocycles. The van der Waals surface area contributed by atoms with Crippen molar-refractivity contribution < 1.29 is 18.3 Å². The highest BCUT2D eigenvalue weighted by Crippen LogP contribution is 2.44. The summed E-state index contributed by atoms with van der Waals surface area (Å²) in [5.41, 5.74) is 1.77. The van der Waals surface area contributed by atoms with E-state index in [1.807, 2.05) is 30.3 Å². The molecule has 0 saturated carbocycles. The van der Waals surface area contributed by atoms with Crippen LogP contribution in [0.15, 0.2) is 36.5 Å². The summed E-state index contributed by atoms with van der Waals surface area (Å²) >= 11 is 0. The highest BCUT2D eigenvalue weighted by atomic mass is 19.2. The van der Waals surface area contributed by atoms with Crippen LogP contribution in [0.5, 0.6) is 0 Å². The normalized spacial score (nSPS) is 29.4. The van der Waals surface area contributed by atoms with Crippen molar-refractivity contribution in [3.63, 3.8) is 0 Å². The minimum atomic E-state index is -1.41. The number of fused-ring (bicyclic) bond motifs is 4. The van der Waals surface area contributed by atoms with Crippen LogP contribution in [0, 0.1) is 11.8 Å². The molecule has 144 valence electrons. The molecule has 2 unspecified atom stereocenters. The first-order valence-corrected chi connectivity index (χ1v) is 9.53. The number of carbonyl (C=O) groups excluding carboxylic acids is 1. The lowest BCUT2D eigenvalue weighted by Crippen LogP contribution is -2.57. The average molecular weight is 374 g/mol. The molecule has 5 rings (SSSR count). The van der Waals surface area contributed by atoms with Gasteiger partial charge in [0.1, 0.15) is 19.0 Å². The third-order valence-electron chi connectivity index (χ3n) is 6.09. The summed E-state index contributed by atoms with van der Waals surface area (Å²) < 4.78 is 32.7. The molecule has 0 amide bonds. The van der Waals surface area contributed by atoms with E-state index in [0.29, 0.717) is 13.0 Å². The monoisotopic (exact) mass is 374 g/mol. The summed E-state index contributed by atoms with van der Waals surface area (Å²) in [5, 5.41) is 0.956. The predicted octanol–water partition coefficient (Wildman–Crippen LogP) is 3.86. The van der Waals surface area contributed by atoms with Gasteiger partial charge in [0.25, 0.3) is 0 Å². The van der Waals surface area contributed by atoms with Crippen LogP contribution in [0.4, 0.5) is 8.78 Å². The van der Waals surface area contributed by atoms with Crippen molar-refractivity contribution in [2.75, 3.05) is 19.8 Å². The largest absolute Gasteiger partial charge is 0.456 e. The van der Waals surface area contributed by atoms with E-state index < -0.39 is 19.0 Å². The van der Waals surface area contributed by atoms with E-state index in [1.165, 1.54) is 6.92 Å². The molecule has 3 fully saturated rings. The molecule has 1 aromatic heterocycles. The molecule has 0 radical (unpaired) electrons. The van der Waals surface area contributed by atoms with E-state index in [9.17, 15) is 13.6 Å². The molecule has 3 aliphatic rings. The molecule has 6 atom stereocenters. The molecule has 4 heterocycles. The van der Waals surface area contributed by atoms with Gasteiger partial charge in [-0.25, -0.2) is 8.78 Å². The second-order valence-corrected chi connectivity index (χ2v) is 7.63. The molecule has 0 N–H and O–H groups in total. The van der Waals surface area contributed by atoms with Gasteiger partial charge in [-0.1, -0.05) is 18.2 Å². The van der Waals surface area contributed by atoms with Gasteiger partial charge in [-0.05, 0) is 37.4 Å². The molecule has 2 bridgehead atoms. The molecule has 4 nitrogen and oxygen atoms in total. The van der Waals surface area contributed by atoms with Gasteiger partial charge in [0.15, 0.2) is 0 Å². The maximum atomic E-state index is 14.0. The summed E-state index contributed by atoms with van der Waals surface area (Å²) in [4.78, 5) is 18.4. The van der Waals surface area contributed by atoms with Gasteiger partial charge in [0.05, 0.1) is 11.6 Å². The fourth-order valence-electron chi connectivity index (χ4n) is 4.84. The summed E-state index contributed by atoms with van der Waals surface area (Å²) in [6, 6.07) is 9.65. The maximum absolute atomic E-state index is 14.0. The number of piperidine rings is 3. The van der Waals surface area contributed by atoms with E-state index >= 15 is 0 Å². The Balaban J connectivity index is 1.69. The highest BCUT2D eigenvalue weighted by Gasteiger charge is 2.47. The van der Waals surface area contributed by atoms with Crippen LogP contribution in [0.3, 0.4) is 0 Å². The van der Waals surface area contributed by atoms with Gasteiger partial charge in [0.2, 0.25) is 0 Å². The third kappa shape index (κ3) is 3.43. The highest BCUT2D eigenvalue weighted by molar-refractivity contribution is 5.82. The lowest BCUT2D eigenvalue weighted by molar-refractivity contribution is -0.156. The van der Waals surface area contributed by atoms with Crippen LogP contribution in [0.25, 0.3) is 10.9 Å². The second kappa shape index (κ2) is 7.50. The van der Waals surface area contributed by atoms with Crippen molar-refractivity contribution in [2.24, 2.45) is 11.8 Å². The minimum absolute atomic E-state index is 0.0264. The zero-order chi connectivity index (χ0) is 19.0. The van der Waals surface area contributed by atoms with Crippen molar-refractivity contribution in [2.45, 2.75) is 38.1 Å². The SMILES string of the molecule is CC(=O)O[C@H](c1ccnc2ccccc12)[C@@H]1C[C@@H]2CCN1C[C@@H]2C(F)CF. The Morgan fingerprint density at radius 1 is 1.37 bits per heavy atom. The number of aromatic nitrogens is 1. The number of rotatable bonds is 5. The number of nitrogens with zero attached hydrogens (tertiary/aromatic N) is 2. The number of esters is 1. The van der Waals surface area contributed by atoms with Gasteiger partial charge in [0, 0.05) is 36.5 Å². The molecule has 27 heavy (non-hydrogen) atoms. The Kier molecular flexibility index (Phi) is 5.08. The van der Waals surface area contributed by atoms with E-state index in [4.69, 9.17) is 4.74 Å². The number of benzene rings is 1. The smallest absolute Gasteiger partial charge is 0.303 e. The topological polar surface area (TPSA) is 42.4 Å². The fourth-order valence-corrected chi connectivity index (χ4v) is 4.84. The molecule has 1 aromatic carbocycles. The lowest BCUT2D eigenvalue weighted by Gasteiger charge is -2.52. The molecular formula is C21H24F2N2O2. The third-order valence-corrected chi connectivity index (χ3v) is 6.09. The fraction of sp³-hybridized carbons (Fsp3) is 0.524. The van der Waals surface area contributed by atoms with Crippen LogP contribution in [-0.4, -0.2) is 47.8 Å². The van der Waals surface area contributed by atoms with Crippen LogP contribution in [0.1, 0.15) is 31.4 Å². The number of halogens is 2. The molecule has 0 aliphatic carbocycles. The quantitative estimate of drug-likeness (QED) is 0.746. The molecule has 2 aromatic rings. The van der Waals surface area contributed by atoms with E-state index in [-0.39, 0.29) is 23.8 Å². The minimum Gasteiger partial charge on any atom is -0.456 e. The van der Waals surface area contributed by atoms with Crippen molar-refractivity contribution in [1.29, 1.82) is 0 Å². The molecule has 0 spiro atoms. The van der Waals surface area contributed by atoms with Gasteiger partial charge >= 0.3 is 5.97 Å². The standard InChI is InChI=1S/C21H24F2N2O2/c1-13(26)27-21(16-6-8-24-19-5-3-2-4-15(16)19)20-10-14-7-9-25(20)12-17(14)18(23)11-22/h2-6,8,14,17-18,20-21H,7,9-12H2,1H3/t14-,17-,18?,20-,21+/m0/s1. The van der Waals surface area contributed by atoms with Gasteiger partial charge < -0.3 is 4.74 Å². The number of alkyl halides is 2. The lowest BCUT2D eigenvalue weighted by atomic mass is 9.72. The summed E-state index contributed by atoms with van der Waals surface area (Å²) in [6.07, 6.45) is 1.45. The first-order valence-electron chi connectivity index (χ1n) is 9.53. The molecular weight excluding hydrogens is 350 g/mol. The molecule has 3 saturated heterocycles. The summed E-state index contributed by atoms with van der Waals surface area (Å²) in [5.74, 6) is -0.490. The molecule has 6 heteroatoms. The van der Waals surface area contributed by atoms with E-state index in [2.05, 4.69) is 9.88 Å². The van der Waals surface area contributed by atoms with Crippen molar-refractivity contribution >= 4 is 16.9 Å². The van der Waals surface area contributed by atoms with Gasteiger partial charge in [-0.15, -0.1) is 0 Å². The van der Waals surface area contributed by atoms with E-state index in [0.717, 1.165) is 29.4 Å². The Morgan fingerprint density at radius 3 is 2.89 bits per heavy atom. The second-order valence-electron chi connectivity index (χ2n) is 7.63. The van der Waals surface area contributed by atoms with Crippen LogP contribution in [-0.2, 0) is 9.53 Å². The number of pyridine rings is 1. The van der Waals surface area contributed by atoms with Gasteiger partial charge in [-0.2, -0.15) is 0 Å². The number of carbonyl (C=O) groups is 1. The number of ether oxygens (including phenoxy) is 1. The number of hydrogen-bond donors (Lipinski definition) is 0. The summed E-state index contributed by atoms with van der Waals surface area (Å²) in [7, 11) is 0. The van der Waals surface area contributed by atoms with Crippen molar-refractivity contribution in [1.82, 2.24) is 9.88 Å². The van der Waals surface area contributed by atoms with Crippen molar-refractivity contribution in [3.05, 3.63) is 42.1 Å². The van der Waals surface area contributed by atoms with Crippen LogP contribution < -0.4 is 0 Å². The Labute approximate surface area is 157 Å². The van der Waals surface area contributed by atoms with E-state index in [1.54, 1.807) is 6.20 Å². The zero-order valence-electron chi connectivity index (χ0n) is 15.4. The maximum Gasteiger partial charge on any atom is 0.303 e. The van der Waals surface area contributed by atoms with Crippen LogP contribution in [0.2, 0.25) is 0 Å². The Morgan fingerprint density at radius 2 is 2.19 bits per heavy atom. The number of para-hydroxylation sites is 1. The Bertz CT molecular complexity index is 825. The predicted molar refractivity (Wildman–Crippen MR) is 98.7 cm³/mol. The van der Waals surface area contributed by atoms with Crippen molar-refractivity contribution in [3.8, 4) is 0 Å². The summed E-state index contributed by atoms with van der Waals surface area (Å²) in [6.45, 7) is 1.82. The first kappa shape index (κ1) is 18.3. The first-order chi connectivity index (χ1) is 13.1. The zero-order valence-corrected chi connectivity index (χ0v) is 15.4. The average Bonchev–Trinajstić information content (AvgIpc) is 2.71. The van der Waals surface area contributed by atoms with Gasteiger partial charge in [-0.3, -0.25) is 14.7 Å².